The Morgan fingerprint density at radius 2 is 1.59 bits per heavy atom. The van der Waals surface area contributed by atoms with Gasteiger partial charge in [-0.15, -0.1) is 24.0 Å². The zero-order valence-corrected chi connectivity index (χ0v) is 20.6. The molecule has 0 saturated heterocycles. The van der Waals surface area contributed by atoms with Gasteiger partial charge in [-0.2, -0.15) is 13.2 Å². The average Bonchev–Trinajstić information content (AvgIpc) is 2.73. The largest absolute Gasteiger partial charge is 0.416 e. The second-order valence-corrected chi connectivity index (χ2v) is 7.23. The van der Waals surface area contributed by atoms with Crippen molar-refractivity contribution in [3.05, 3.63) is 70.8 Å². The number of hydrogen-bond acceptors (Lipinski definition) is 3. The Kier molecular flexibility index (Phi) is 11.5. The lowest BCUT2D eigenvalue weighted by Gasteiger charge is -2.14. The second kappa shape index (κ2) is 13.3. The van der Waals surface area contributed by atoms with Crippen molar-refractivity contribution in [1.82, 2.24) is 20.9 Å². The quantitative estimate of drug-likeness (QED) is 0.262. The predicted octanol–water partition coefficient (Wildman–Crippen LogP) is 3.48. The van der Waals surface area contributed by atoms with Crippen LogP contribution in [0.3, 0.4) is 0 Å². The third-order valence-corrected chi connectivity index (χ3v) is 4.46. The number of carbonyl (C=O) groups excluding carboxylic acids is 1. The summed E-state index contributed by atoms with van der Waals surface area (Å²) >= 11 is 0. The van der Waals surface area contributed by atoms with Crippen LogP contribution in [0.5, 0.6) is 0 Å². The summed E-state index contributed by atoms with van der Waals surface area (Å²) in [5, 5.41) is 9.08. The fraction of sp³-hybridized carbons (Fsp3) is 0.364. The number of aliphatic imine (C=N–C) groups is 1. The number of nitrogens with one attached hydrogen (secondary N) is 3. The summed E-state index contributed by atoms with van der Waals surface area (Å²) in [6.45, 7) is 2.08. The maximum atomic E-state index is 12.6. The Hall–Kier alpha value is -2.34. The molecule has 0 radical (unpaired) electrons. The first-order valence-electron chi connectivity index (χ1n) is 9.81. The molecule has 0 aromatic heterocycles. The molecule has 2 rings (SSSR count). The minimum absolute atomic E-state index is 0. The molecule has 3 N–H and O–H groups in total. The van der Waals surface area contributed by atoms with Gasteiger partial charge in [0.2, 0.25) is 0 Å². The van der Waals surface area contributed by atoms with Gasteiger partial charge in [-0.3, -0.25) is 9.79 Å². The molecule has 0 aliphatic rings. The molecule has 0 fully saturated rings. The summed E-state index contributed by atoms with van der Waals surface area (Å²) in [5.41, 5.74) is 1.50. The molecule has 2 aromatic carbocycles. The maximum Gasteiger partial charge on any atom is 0.416 e. The SMILES string of the molecule is CN=C(NCc1ccc(C(F)(F)F)cc1)NCc1cccc(C(=O)NCCN(C)C)c1.I. The third kappa shape index (κ3) is 9.43. The van der Waals surface area contributed by atoms with Gasteiger partial charge in [-0.25, -0.2) is 0 Å². The molecule has 0 bridgehead atoms. The number of nitrogens with zero attached hydrogens (tertiary/aromatic N) is 2. The van der Waals surface area contributed by atoms with E-state index in [4.69, 9.17) is 0 Å². The van der Waals surface area contributed by atoms with Gasteiger partial charge in [0.15, 0.2) is 5.96 Å². The molecule has 0 saturated carbocycles. The maximum absolute atomic E-state index is 12.6. The number of likely N-dealkylation sites (N-methyl/N-ethyl adjacent to an activating group) is 1. The van der Waals surface area contributed by atoms with E-state index in [9.17, 15) is 18.0 Å². The van der Waals surface area contributed by atoms with Gasteiger partial charge in [0.1, 0.15) is 0 Å². The fourth-order valence-corrected chi connectivity index (χ4v) is 2.72. The van der Waals surface area contributed by atoms with Crippen LogP contribution < -0.4 is 16.0 Å². The highest BCUT2D eigenvalue weighted by Gasteiger charge is 2.29. The summed E-state index contributed by atoms with van der Waals surface area (Å²) in [7, 11) is 5.49. The van der Waals surface area contributed by atoms with E-state index in [2.05, 4.69) is 20.9 Å². The van der Waals surface area contributed by atoms with Crippen LogP contribution >= 0.6 is 24.0 Å². The summed E-state index contributed by atoms with van der Waals surface area (Å²) in [5.74, 6) is 0.370. The third-order valence-electron chi connectivity index (χ3n) is 4.46. The number of benzene rings is 2. The van der Waals surface area contributed by atoms with E-state index in [-0.39, 0.29) is 29.9 Å². The summed E-state index contributed by atoms with van der Waals surface area (Å²) in [6, 6.07) is 12.3. The topological polar surface area (TPSA) is 68.8 Å². The van der Waals surface area contributed by atoms with Gasteiger partial charge in [0.25, 0.3) is 5.91 Å². The number of amides is 1. The number of guanidine groups is 1. The first-order chi connectivity index (χ1) is 14.7. The minimum atomic E-state index is -4.35. The van der Waals surface area contributed by atoms with Crippen LogP contribution in [0.25, 0.3) is 0 Å². The van der Waals surface area contributed by atoms with Crippen LogP contribution in [-0.2, 0) is 19.3 Å². The summed E-state index contributed by atoms with van der Waals surface area (Å²) in [4.78, 5) is 18.4. The van der Waals surface area contributed by atoms with Gasteiger partial charge in [0.05, 0.1) is 5.56 Å². The Morgan fingerprint density at radius 1 is 0.969 bits per heavy atom. The lowest BCUT2D eigenvalue weighted by Crippen LogP contribution is -2.36. The molecule has 6 nitrogen and oxygen atoms in total. The monoisotopic (exact) mass is 563 g/mol. The highest BCUT2D eigenvalue weighted by atomic mass is 127. The lowest BCUT2D eigenvalue weighted by atomic mass is 10.1. The van der Waals surface area contributed by atoms with Crippen molar-refractivity contribution < 1.29 is 18.0 Å². The van der Waals surface area contributed by atoms with Crippen molar-refractivity contribution in [3.63, 3.8) is 0 Å². The molecular weight excluding hydrogens is 534 g/mol. The molecule has 176 valence electrons. The molecule has 0 atom stereocenters. The number of rotatable bonds is 8. The van der Waals surface area contributed by atoms with Crippen LogP contribution in [0.15, 0.2) is 53.5 Å². The molecule has 32 heavy (non-hydrogen) atoms. The van der Waals surface area contributed by atoms with Gasteiger partial charge in [-0.05, 0) is 49.5 Å². The van der Waals surface area contributed by atoms with Crippen molar-refractivity contribution in [3.8, 4) is 0 Å². The van der Waals surface area contributed by atoms with Crippen molar-refractivity contribution in [2.75, 3.05) is 34.2 Å². The van der Waals surface area contributed by atoms with Crippen LogP contribution in [0.4, 0.5) is 13.2 Å². The van der Waals surface area contributed by atoms with Crippen molar-refractivity contribution in [2.45, 2.75) is 19.3 Å². The summed E-state index contributed by atoms with van der Waals surface area (Å²) < 4.78 is 37.9. The number of alkyl halides is 3. The van der Waals surface area contributed by atoms with E-state index < -0.39 is 11.7 Å². The highest BCUT2D eigenvalue weighted by Crippen LogP contribution is 2.29. The van der Waals surface area contributed by atoms with E-state index in [0.717, 1.165) is 24.2 Å². The van der Waals surface area contributed by atoms with Gasteiger partial charge in [0, 0.05) is 38.8 Å². The Bertz CT molecular complexity index is 886. The van der Waals surface area contributed by atoms with E-state index >= 15 is 0 Å². The van der Waals surface area contributed by atoms with Gasteiger partial charge in [-0.1, -0.05) is 24.3 Å². The number of carbonyl (C=O) groups is 1. The van der Waals surface area contributed by atoms with Crippen molar-refractivity contribution in [2.24, 2.45) is 4.99 Å². The average molecular weight is 563 g/mol. The molecule has 0 unspecified atom stereocenters. The first kappa shape index (κ1) is 27.7. The summed E-state index contributed by atoms with van der Waals surface area (Å²) in [6.07, 6.45) is -4.35. The second-order valence-electron chi connectivity index (χ2n) is 7.23. The first-order valence-corrected chi connectivity index (χ1v) is 9.81. The predicted molar refractivity (Wildman–Crippen MR) is 131 cm³/mol. The molecule has 0 aliphatic carbocycles. The van der Waals surface area contributed by atoms with Crippen LogP contribution in [-0.4, -0.2) is 51.0 Å². The normalized spacial score (nSPS) is 11.7. The van der Waals surface area contributed by atoms with Crippen LogP contribution in [0.1, 0.15) is 27.0 Å². The van der Waals surface area contributed by atoms with E-state index in [1.165, 1.54) is 12.1 Å². The Balaban J connectivity index is 0.00000512. The molecule has 0 heterocycles. The van der Waals surface area contributed by atoms with Gasteiger partial charge < -0.3 is 20.9 Å². The van der Waals surface area contributed by atoms with E-state index in [1.807, 2.05) is 31.1 Å². The Labute approximate surface area is 203 Å². The molecule has 2 aromatic rings. The van der Waals surface area contributed by atoms with Crippen LogP contribution in [0, 0.1) is 0 Å². The molecule has 0 aliphatic heterocycles. The van der Waals surface area contributed by atoms with Gasteiger partial charge >= 0.3 is 6.18 Å². The molecular formula is C22H29F3IN5O. The smallest absolute Gasteiger partial charge is 0.352 e. The van der Waals surface area contributed by atoms with E-state index in [0.29, 0.717) is 36.7 Å². The van der Waals surface area contributed by atoms with Crippen LogP contribution in [0.2, 0.25) is 0 Å². The molecule has 10 heteroatoms. The minimum Gasteiger partial charge on any atom is -0.352 e. The van der Waals surface area contributed by atoms with Crippen molar-refractivity contribution in [1.29, 1.82) is 0 Å². The highest BCUT2D eigenvalue weighted by molar-refractivity contribution is 14.0. The van der Waals surface area contributed by atoms with Crippen molar-refractivity contribution >= 4 is 35.8 Å². The number of hydrogen-bond donors (Lipinski definition) is 3. The number of halogens is 4. The lowest BCUT2D eigenvalue weighted by molar-refractivity contribution is -0.137. The zero-order chi connectivity index (χ0) is 22.9. The zero-order valence-electron chi connectivity index (χ0n) is 18.3. The standard InChI is InChI=1S/C22H28F3N5O.HI/c1-26-21(28-14-16-7-9-19(10-8-16)22(23,24)25)29-15-17-5-4-6-18(13-17)20(31)27-11-12-30(2)3;/h4-10,13H,11-12,14-15H2,1-3H3,(H,27,31)(H2,26,28,29);1H. The van der Waals surface area contributed by atoms with E-state index in [1.54, 1.807) is 19.2 Å². The molecule has 1 amide bonds. The molecule has 0 spiro atoms. The Morgan fingerprint density at radius 3 is 2.16 bits per heavy atom. The fourth-order valence-electron chi connectivity index (χ4n) is 2.72.